The number of thioether (sulfide) groups is 1. The number of aromatic nitrogens is 1. The van der Waals surface area contributed by atoms with Crippen LogP contribution in [0.5, 0.6) is 0 Å². The highest BCUT2D eigenvalue weighted by Crippen LogP contribution is 2.27. The number of thiazole rings is 1. The summed E-state index contributed by atoms with van der Waals surface area (Å²) in [7, 11) is 0. The molecule has 0 radical (unpaired) electrons. The summed E-state index contributed by atoms with van der Waals surface area (Å²) in [5.74, 6) is -0.465. The topological polar surface area (TPSA) is 97.4 Å². The van der Waals surface area contributed by atoms with Crippen molar-refractivity contribution in [3.05, 3.63) is 46.5 Å². The maximum Gasteiger partial charge on any atom is 0.338 e. The molecule has 0 aliphatic heterocycles. The van der Waals surface area contributed by atoms with E-state index in [1.54, 1.807) is 23.5 Å². The van der Waals surface area contributed by atoms with Crippen LogP contribution in [-0.4, -0.2) is 36.0 Å². The van der Waals surface area contributed by atoms with Crippen molar-refractivity contribution < 1.29 is 19.1 Å². The number of carbonyl (C=O) groups is 3. The molecule has 2 rings (SSSR count). The minimum absolute atomic E-state index is 0.265. The van der Waals surface area contributed by atoms with Crippen molar-refractivity contribution in [1.82, 2.24) is 15.6 Å². The molecule has 1 heterocycles. The van der Waals surface area contributed by atoms with Gasteiger partial charge in [-0.15, -0.1) is 11.3 Å². The zero-order valence-corrected chi connectivity index (χ0v) is 17.6. The summed E-state index contributed by atoms with van der Waals surface area (Å²) in [6.07, 6.45) is 0. The van der Waals surface area contributed by atoms with Crippen molar-refractivity contribution in [2.45, 2.75) is 30.9 Å². The Morgan fingerprint density at radius 2 is 2.00 bits per heavy atom. The predicted molar refractivity (Wildman–Crippen MR) is 110 cm³/mol. The molecule has 0 aliphatic carbocycles. The molecule has 1 aromatic carbocycles. The molecule has 7 nitrogen and oxygen atoms in total. The fourth-order valence-electron chi connectivity index (χ4n) is 2.10. The van der Waals surface area contributed by atoms with Crippen molar-refractivity contribution >= 4 is 41.0 Å². The molecule has 0 atom stereocenters. The first kappa shape index (κ1) is 21.9. The third-order valence-corrected chi connectivity index (χ3v) is 5.63. The summed E-state index contributed by atoms with van der Waals surface area (Å²) in [5.41, 5.74) is 2.14. The second-order valence-electron chi connectivity index (χ2n) is 6.43. The SMILES string of the molecule is Cc1csc(SCc2ccccc2C(=O)OCC(=O)NC(=O)NCC(C)C)n1. The van der Waals surface area contributed by atoms with Gasteiger partial charge in [0.05, 0.1) is 5.56 Å². The van der Waals surface area contributed by atoms with Crippen LogP contribution >= 0.6 is 23.1 Å². The van der Waals surface area contributed by atoms with E-state index < -0.39 is 24.5 Å². The molecule has 150 valence electrons. The molecule has 9 heteroatoms. The normalized spacial score (nSPS) is 10.6. The van der Waals surface area contributed by atoms with Crippen molar-refractivity contribution in [2.75, 3.05) is 13.2 Å². The highest BCUT2D eigenvalue weighted by Gasteiger charge is 2.16. The Labute approximate surface area is 172 Å². The van der Waals surface area contributed by atoms with Gasteiger partial charge in [-0.2, -0.15) is 0 Å². The second-order valence-corrected chi connectivity index (χ2v) is 8.51. The molecule has 2 aromatic rings. The van der Waals surface area contributed by atoms with Crippen LogP contribution in [0.25, 0.3) is 0 Å². The van der Waals surface area contributed by atoms with Crippen LogP contribution in [-0.2, 0) is 15.3 Å². The molecule has 1 aromatic heterocycles. The Morgan fingerprint density at radius 3 is 2.68 bits per heavy atom. The Bertz CT molecular complexity index is 836. The quantitative estimate of drug-likeness (QED) is 0.501. The lowest BCUT2D eigenvalue weighted by Gasteiger charge is -2.10. The van der Waals surface area contributed by atoms with Crippen molar-refractivity contribution in [1.29, 1.82) is 0 Å². The maximum absolute atomic E-state index is 12.4. The van der Waals surface area contributed by atoms with Gasteiger partial charge in [0, 0.05) is 23.4 Å². The fraction of sp³-hybridized carbons (Fsp3) is 0.368. The van der Waals surface area contributed by atoms with E-state index in [-0.39, 0.29) is 5.92 Å². The summed E-state index contributed by atoms with van der Waals surface area (Å²) < 4.78 is 5.98. The minimum Gasteiger partial charge on any atom is -0.452 e. The van der Waals surface area contributed by atoms with E-state index in [0.717, 1.165) is 15.6 Å². The van der Waals surface area contributed by atoms with Crippen LogP contribution in [0.2, 0.25) is 0 Å². The molecule has 28 heavy (non-hydrogen) atoms. The van der Waals surface area contributed by atoms with Crippen molar-refractivity contribution in [2.24, 2.45) is 5.92 Å². The summed E-state index contributed by atoms with van der Waals surface area (Å²) in [5, 5.41) is 6.66. The van der Waals surface area contributed by atoms with Crippen LogP contribution < -0.4 is 10.6 Å². The van der Waals surface area contributed by atoms with Crippen molar-refractivity contribution in [3.8, 4) is 0 Å². The third kappa shape index (κ3) is 7.32. The van der Waals surface area contributed by atoms with E-state index in [9.17, 15) is 14.4 Å². The molecule has 0 saturated heterocycles. The molecular formula is C19H23N3O4S2. The molecule has 0 spiro atoms. The minimum atomic E-state index is -0.681. The number of hydrogen-bond donors (Lipinski definition) is 2. The first-order chi connectivity index (χ1) is 13.3. The number of ether oxygens (including phenoxy) is 1. The molecule has 0 saturated carbocycles. The van der Waals surface area contributed by atoms with Gasteiger partial charge in [0.25, 0.3) is 5.91 Å². The number of rotatable bonds is 8. The molecule has 2 N–H and O–H groups in total. The zero-order valence-electron chi connectivity index (χ0n) is 16.0. The average molecular weight is 422 g/mol. The summed E-state index contributed by atoms with van der Waals surface area (Å²) in [6.45, 7) is 5.73. The van der Waals surface area contributed by atoms with Crippen molar-refractivity contribution in [3.63, 3.8) is 0 Å². The Kier molecular flexibility index (Phi) is 8.46. The number of aryl methyl sites for hydroxylation is 1. The maximum atomic E-state index is 12.4. The number of nitrogens with zero attached hydrogens (tertiary/aromatic N) is 1. The predicted octanol–water partition coefficient (Wildman–Crippen LogP) is 3.38. The van der Waals surface area contributed by atoms with Gasteiger partial charge in [0.1, 0.15) is 4.34 Å². The van der Waals surface area contributed by atoms with Gasteiger partial charge in [-0.25, -0.2) is 14.6 Å². The zero-order chi connectivity index (χ0) is 20.5. The standard InChI is InChI=1S/C19H23N3O4S2/c1-12(2)8-20-18(25)22-16(23)9-26-17(24)15-7-5-4-6-14(15)11-28-19-21-13(3)10-27-19/h4-7,10,12H,8-9,11H2,1-3H3,(H2,20,22,23,25). The summed E-state index contributed by atoms with van der Waals surface area (Å²) in [4.78, 5) is 40.1. The number of nitrogens with one attached hydrogen (secondary N) is 2. The van der Waals surface area contributed by atoms with E-state index >= 15 is 0 Å². The average Bonchev–Trinajstić information content (AvgIpc) is 3.08. The van der Waals surface area contributed by atoms with Gasteiger partial charge in [0.15, 0.2) is 6.61 Å². The Hall–Kier alpha value is -2.39. The molecule has 0 fully saturated rings. The summed E-state index contributed by atoms with van der Waals surface area (Å²) in [6, 6.07) is 6.45. The number of imide groups is 1. The van der Waals surface area contributed by atoms with Gasteiger partial charge >= 0.3 is 12.0 Å². The fourth-order valence-corrected chi connectivity index (χ4v) is 3.95. The smallest absolute Gasteiger partial charge is 0.338 e. The van der Waals surface area contributed by atoms with E-state index in [4.69, 9.17) is 4.74 Å². The Balaban J connectivity index is 1.86. The monoisotopic (exact) mass is 421 g/mol. The van der Waals surface area contributed by atoms with Crippen LogP contribution in [0, 0.1) is 12.8 Å². The molecule has 0 unspecified atom stereocenters. The van der Waals surface area contributed by atoms with E-state index in [0.29, 0.717) is 17.9 Å². The van der Waals surface area contributed by atoms with Gasteiger partial charge in [-0.1, -0.05) is 43.8 Å². The van der Waals surface area contributed by atoms with Crippen LogP contribution in [0.4, 0.5) is 4.79 Å². The molecular weight excluding hydrogens is 398 g/mol. The van der Waals surface area contributed by atoms with Crippen LogP contribution in [0.1, 0.15) is 35.5 Å². The molecule has 0 bridgehead atoms. The highest BCUT2D eigenvalue weighted by atomic mass is 32.2. The van der Waals surface area contributed by atoms with E-state index in [2.05, 4.69) is 15.6 Å². The number of carbonyl (C=O) groups excluding carboxylic acids is 3. The van der Waals surface area contributed by atoms with E-state index in [1.807, 2.05) is 38.3 Å². The van der Waals surface area contributed by atoms with E-state index in [1.165, 1.54) is 11.8 Å². The Morgan fingerprint density at radius 1 is 1.25 bits per heavy atom. The molecule has 0 aliphatic rings. The van der Waals surface area contributed by atoms with Crippen LogP contribution in [0.15, 0.2) is 34.0 Å². The van der Waals surface area contributed by atoms with Crippen LogP contribution in [0.3, 0.4) is 0 Å². The second kappa shape index (κ2) is 10.8. The number of esters is 1. The third-order valence-electron chi connectivity index (χ3n) is 3.44. The number of hydrogen-bond acceptors (Lipinski definition) is 7. The van der Waals surface area contributed by atoms with Gasteiger partial charge in [0.2, 0.25) is 0 Å². The lowest BCUT2D eigenvalue weighted by molar-refractivity contribution is -0.123. The number of amides is 3. The number of benzene rings is 1. The lowest BCUT2D eigenvalue weighted by atomic mass is 10.1. The number of urea groups is 1. The first-order valence-electron chi connectivity index (χ1n) is 8.72. The lowest BCUT2D eigenvalue weighted by Crippen LogP contribution is -2.42. The van der Waals surface area contributed by atoms with Gasteiger partial charge < -0.3 is 10.1 Å². The largest absolute Gasteiger partial charge is 0.452 e. The highest BCUT2D eigenvalue weighted by molar-refractivity contribution is 8.00. The summed E-state index contributed by atoms with van der Waals surface area (Å²) >= 11 is 3.09. The van der Waals surface area contributed by atoms with Gasteiger partial charge in [-0.05, 0) is 24.5 Å². The first-order valence-corrected chi connectivity index (χ1v) is 10.6. The molecule has 3 amide bonds. The van der Waals surface area contributed by atoms with Gasteiger partial charge in [-0.3, -0.25) is 10.1 Å².